The molecule has 0 saturated carbocycles. The zero-order valence-electron chi connectivity index (χ0n) is 21.7. The molecule has 0 fully saturated rings. The highest BCUT2D eigenvalue weighted by Crippen LogP contribution is 2.50. The average molecular weight is 566 g/mol. The quantitative estimate of drug-likeness (QED) is 0.188. The van der Waals surface area contributed by atoms with Gasteiger partial charge in [0.1, 0.15) is 13.0 Å². The van der Waals surface area contributed by atoms with Gasteiger partial charge >= 0.3 is 7.60 Å². The molecule has 0 radical (unpaired) electrons. The Bertz CT molecular complexity index is 1650. The van der Waals surface area contributed by atoms with Crippen LogP contribution in [0, 0.1) is 6.92 Å². The normalized spacial score (nSPS) is 14.8. The number of nitrogens with two attached hydrogens (primary N) is 1. The Kier molecular flexibility index (Phi) is 8.13. The van der Waals surface area contributed by atoms with E-state index in [-0.39, 0.29) is 50.1 Å². The standard InChI is InChI=1S/C27H28N5O7P/c1-18-8-10-20(11-9-18)14-36-40(34,37-15-22-24(39-19(2)38-22)21-6-4-3-5-7-21)17-35-13-12-32-16-29-23-25(32)30-27(28)31-26(23)33/h3-11,16H,2,12-15,17H2,1H3,(H3,28,30,31,33). The summed E-state index contributed by atoms with van der Waals surface area (Å²) in [6, 6.07) is 17.0. The molecular weight excluding hydrogens is 537 g/mol. The van der Waals surface area contributed by atoms with Gasteiger partial charge in [0.2, 0.25) is 5.95 Å². The van der Waals surface area contributed by atoms with Crippen LogP contribution in [0.4, 0.5) is 5.95 Å². The highest BCUT2D eigenvalue weighted by Gasteiger charge is 2.30. The van der Waals surface area contributed by atoms with Crippen molar-refractivity contribution >= 4 is 30.5 Å². The van der Waals surface area contributed by atoms with E-state index < -0.39 is 13.2 Å². The molecule has 1 unspecified atom stereocenters. The summed E-state index contributed by atoms with van der Waals surface area (Å²) in [5.41, 5.74) is 8.38. The van der Waals surface area contributed by atoms with E-state index in [0.717, 1.165) is 16.7 Å². The molecule has 0 bridgehead atoms. The molecule has 0 amide bonds. The Morgan fingerprint density at radius 1 is 1.07 bits per heavy atom. The van der Waals surface area contributed by atoms with E-state index in [2.05, 4.69) is 21.5 Å². The van der Waals surface area contributed by atoms with Crippen LogP contribution in [0.2, 0.25) is 0 Å². The fourth-order valence-electron chi connectivity index (χ4n) is 3.88. The summed E-state index contributed by atoms with van der Waals surface area (Å²) < 4.78 is 44.0. The number of nitrogen functional groups attached to an aromatic ring is 1. The zero-order chi connectivity index (χ0) is 28.1. The van der Waals surface area contributed by atoms with Gasteiger partial charge in [-0.25, -0.2) is 4.98 Å². The lowest BCUT2D eigenvalue weighted by Crippen LogP contribution is -2.13. The Morgan fingerprint density at radius 2 is 1.82 bits per heavy atom. The maximum Gasteiger partial charge on any atom is 0.356 e. The van der Waals surface area contributed by atoms with E-state index in [0.29, 0.717) is 17.2 Å². The lowest BCUT2D eigenvalue weighted by atomic mass is 10.2. The summed E-state index contributed by atoms with van der Waals surface area (Å²) in [4.78, 5) is 22.6. The number of fused-ring (bicyclic) bond motifs is 1. The minimum atomic E-state index is -3.79. The molecule has 1 aliphatic rings. The third-order valence-corrected chi connectivity index (χ3v) is 7.45. The van der Waals surface area contributed by atoms with E-state index >= 15 is 0 Å². The van der Waals surface area contributed by atoms with Crippen LogP contribution in [0.15, 0.2) is 84.0 Å². The number of hydrogen-bond donors (Lipinski definition) is 2. The summed E-state index contributed by atoms with van der Waals surface area (Å²) in [7, 11) is -3.79. The van der Waals surface area contributed by atoms with Crippen molar-refractivity contribution in [1.29, 1.82) is 0 Å². The molecule has 13 heteroatoms. The maximum atomic E-state index is 13.8. The molecule has 1 atom stereocenters. The minimum absolute atomic E-state index is 0.0208. The van der Waals surface area contributed by atoms with Gasteiger partial charge < -0.3 is 29.0 Å². The lowest BCUT2D eigenvalue weighted by Gasteiger charge is -2.19. The van der Waals surface area contributed by atoms with Crippen molar-refractivity contribution in [3.8, 4) is 0 Å². The first-order valence-electron chi connectivity index (χ1n) is 12.3. The number of rotatable bonds is 12. The van der Waals surface area contributed by atoms with Gasteiger partial charge in [0, 0.05) is 12.1 Å². The van der Waals surface area contributed by atoms with Crippen LogP contribution in [0.25, 0.3) is 16.9 Å². The van der Waals surface area contributed by atoms with Gasteiger partial charge in [-0.05, 0) is 19.1 Å². The summed E-state index contributed by atoms with van der Waals surface area (Å²) >= 11 is 0. The smallest absolute Gasteiger partial charge is 0.356 e. The van der Waals surface area contributed by atoms with Crippen molar-refractivity contribution < 1.29 is 27.8 Å². The molecule has 3 heterocycles. The molecule has 12 nitrogen and oxygen atoms in total. The third kappa shape index (κ3) is 6.49. The van der Waals surface area contributed by atoms with Crippen molar-refractivity contribution in [2.45, 2.75) is 20.1 Å². The Hall–Kier alpha value is -4.22. The molecule has 3 N–H and O–H groups in total. The van der Waals surface area contributed by atoms with Crippen molar-refractivity contribution in [2.24, 2.45) is 0 Å². The largest absolute Gasteiger partial charge is 0.424 e. The summed E-state index contributed by atoms with van der Waals surface area (Å²) in [6.07, 6.45) is 1.12. The third-order valence-electron chi connectivity index (χ3n) is 5.90. The predicted octanol–water partition coefficient (Wildman–Crippen LogP) is 4.30. The molecule has 2 aromatic heterocycles. The van der Waals surface area contributed by atoms with Crippen LogP contribution in [-0.2, 0) is 41.0 Å². The summed E-state index contributed by atoms with van der Waals surface area (Å²) in [5, 5.41) is 0. The number of imidazole rings is 1. The molecule has 40 heavy (non-hydrogen) atoms. The minimum Gasteiger partial charge on any atom is -0.424 e. The second-order valence-corrected chi connectivity index (χ2v) is 10.9. The van der Waals surface area contributed by atoms with Crippen LogP contribution in [0.1, 0.15) is 16.7 Å². The first-order valence-corrected chi connectivity index (χ1v) is 14.1. The number of ether oxygens (including phenoxy) is 3. The molecule has 208 valence electrons. The number of hydrogen-bond acceptors (Lipinski definition) is 10. The van der Waals surface area contributed by atoms with E-state index in [1.807, 2.05) is 61.5 Å². The van der Waals surface area contributed by atoms with Gasteiger partial charge in [-0.15, -0.1) is 0 Å². The van der Waals surface area contributed by atoms with E-state index in [9.17, 15) is 9.36 Å². The Morgan fingerprint density at radius 3 is 2.60 bits per heavy atom. The monoisotopic (exact) mass is 565 g/mol. The van der Waals surface area contributed by atoms with Gasteiger partial charge in [0.15, 0.2) is 22.7 Å². The van der Waals surface area contributed by atoms with Crippen LogP contribution < -0.4 is 11.3 Å². The first kappa shape index (κ1) is 27.4. The highest BCUT2D eigenvalue weighted by molar-refractivity contribution is 7.53. The fraction of sp³-hybridized carbons (Fsp3) is 0.222. The van der Waals surface area contributed by atoms with Crippen molar-refractivity contribution in [3.63, 3.8) is 0 Å². The molecule has 4 aromatic rings. The van der Waals surface area contributed by atoms with Crippen LogP contribution in [0.3, 0.4) is 0 Å². The predicted molar refractivity (Wildman–Crippen MR) is 148 cm³/mol. The fourth-order valence-corrected chi connectivity index (χ4v) is 5.12. The molecule has 0 aliphatic carbocycles. The van der Waals surface area contributed by atoms with Crippen molar-refractivity contribution in [3.05, 3.63) is 106 Å². The second kappa shape index (κ2) is 11.9. The Balaban J connectivity index is 1.27. The first-order chi connectivity index (χ1) is 19.3. The van der Waals surface area contributed by atoms with Crippen LogP contribution in [0.5, 0.6) is 0 Å². The lowest BCUT2D eigenvalue weighted by molar-refractivity contribution is 0.115. The zero-order valence-corrected chi connectivity index (χ0v) is 22.6. The second-order valence-electron chi connectivity index (χ2n) is 8.94. The summed E-state index contributed by atoms with van der Waals surface area (Å²) in [6.45, 7) is 5.92. The number of nitrogens with zero attached hydrogens (tertiary/aromatic N) is 3. The maximum absolute atomic E-state index is 13.8. The number of aromatic nitrogens is 4. The Labute approximate surface area is 229 Å². The molecular formula is C27H28N5O7P. The summed E-state index contributed by atoms with van der Waals surface area (Å²) in [5.74, 6) is 0.803. The molecule has 2 aromatic carbocycles. The highest BCUT2D eigenvalue weighted by atomic mass is 31.2. The SMILES string of the molecule is C=C1OC(COP(=O)(COCCn2cnc3c(=O)[nH]c(N)nc32)OCc2ccc(C)cc2)=C(c2ccccc2)O1. The number of aryl methyl sites for hydroxylation is 1. The van der Waals surface area contributed by atoms with Crippen molar-refractivity contribution in [1.82, 2.24) is 19.5 Å². The number of anilines is 1. The van der Waals surface area contributed by atoms with Gasteiger partial charge in [-0.1, -0.05) is 60.2 Å². The van der Waals surface area contributed by atoms with E-state index in [1.54, 1.807) is 4.57 Å². The molecule has 0 saturated heterocycles. The number of aromatic amines is 1. The molecule has 5 rings (SSSR count). The topological polar surface area (TPSA) is 153 Å². The van der Waals surface area contributed by atoms with E-state index in [1.165, 1.54) is 6.33 Å². The van der Waals surface area contributed by atoms with Crippen LogP contribution in [-0.4, -0.2) is 39.1 Å². The molecule has 0 spiro atoms. The number of benzene rings is 2. The van der Waals surface area contributed by atoms with Crippen LogP contribution >= 0.6 is 7.60 Å². The number of nitrogens with one attached hydrogen (secondary N) is 1. The van der Waals surface area contributed by atoms with Gasteiger partial charge in [0.05, 0.1) is 19.5 Å². The average Bonchev–Trinajstić information content (AvgIpc) is 3.53. The van der Waals surface area contributed by atoms with E-state index in [4.69, 9.17) is 29.0 Å². The van der Waals surface area contributed by atoms with Crippen molar-refractivity contribution in [2.75, 3.05) is 25.3 Å². The number of H-pyrrole nitrogens is 1. The molecule has 1 aliphatic heterocycles. The van der Waals surface area contributed by atoms with Gasteiger partial charge in [0.25, 0.3) is 11.5 Å². The van der Waals surface area contributed by atoms with Gasteiger partial charge in [-0.2, -0.15) is 4.98 Å². The van der Waals surface area contributed by atoms with Gasteiger partial charge in [-0.3, -0.25) is 18.9 Å².